The molecule has 0 aliphatic carbocycles. The van der Waals surface area contributed by atoms with Crippen LogP contribution in [-0.4, -0.2) is 68.7 Å². The van der Waals surface area contributed by atoms with E-state index in [1.807, 2.05) is 6.92 Å². The summed E-state index contributed by atoms with van der Waals surface area (Å²) in [6, 6.07) is 3.66. The molecule has 5 rings (SSSR count). The molecule has 2 aromatic rings. The average molecular weight is 521 g/mol. The third kappa shape index (κ3) is 4.27. The Hall–Kier alpha value is -2.96. The molecule has 4 heterocycles. The van der Waals surface area contributed by atoms with Gasteiger partial charge in [-0.15, -0.1) is 0 Å². The number of amides is 2. The Balaban J connectivity index is 1.40. The fraction of sp³-hybridized carbons (Fsp3) is 0.500. The highest BCUT2D eigenvalue weighted by Gasteiger charge is 2.46. The molecular formula is C24H29FN4O6S. The molecule has 2 fully saturated rings. The predicted octanol–water partition coefficient (Wildman–Crippen LogP) is 1.65. The lowest BCUT2D eigenvalue weighted by Gasteiger charge is -2.45. The molecule has 2 atom stereocenters. The molecule has 0 saturated carbocycles. The Morgan fingerprint density at radius 3 is 2.69 bits per heavy atom. The second kappa shape index (κ2) is 8.86. The van der Waals surface area contributed by atoms with Crippen LogP contribution < -0.4 is 14.8 Å². The first-order chi connectivity index (χ1) is 17.0. The predicted molar refractivity (Wildman–Crippen MR) is 128 cm³/mol. The van der Waals surface area contributed by atoms with Gasteiger partial charge in [0.25, 0.3) is 5.91 Å². The van der Waals surface area contributed by atoms with Crippen LogP contribution in [0.2, 0.25) is 0 Å². The number of carbonyl (C=O) groups excluding carboxylic acids is 2. The van der Waals surface area contributed by atoms with Crippen LogP contribution in [0.5, 0.6) is 5.75 Å². The van der Waals surface area contributed by atoms with Crippen molar-refractivity contribution in [1.82, 2.24) is 14.2 Å². The van der Waals surface area contributed by atoms with Crippen LogP contribution >= 0.6 is 0 Å². The van der Waals surface area contributed by atoms with E-state index in [0.717, 1.165) is 0 Å². The molecule has 194 valence electrons. The van der Waals surface area contributed by atoms with Gasteiger partial charge in [-0.25, -0.2) is 17.5 Å². The van der Waals surface area contributed by atoms with Crippen molar-refractivity contribution in [2.45, 2.75) is 31.2 Å². The topological polar surface area (TPSA) is 119 Å². The zero-order chi connectivity index (χ0) is 25.8. The van der Waals surface area contributed by atoms with E-state index in [1.54, 1.807) is 18.9 Å². The summed E-state index contributed by atoms with van der Waals surface area (Å²) in [5.41, 5.74) is 0.222. The van der Waals surface area contributed by atoms with E-state index in [4.69, 9.17) is 9.47 Å². The smallest absolute Gasteiger partial charge is 0.276 e. The molecule has 3 aliphatic heterocycles. The molecule has 0 bridgehead atoms. The van der Waals surface area contributed by atoms with Gasteiger partial charge in [0.15, 0.2) is 11.4 Å². The van der Waals surface area contributed by atoms with Crippen LogP contribution in [0.4, 0.5) is 10.1 Å². The summed E-state index contributed by atoms with van der Waals surface area (Å²) in [5.74, 6) is -1.22. The third-order valence-electron chi connectivity index (χ3n) is 7.17. The number of likely N-dealkylation sites (tertiary alicyclic amines) is 1. The number of carbonyl (C=O) groups is 2. The number of nitrogens with one attached hydrogen (secondary N) is 2. The standard InChI is InChI=1S/C24H29FN4O6S/c1-14-8-16(4-5-17(14)25)26-22(30)20-21-19(10-28(20)3)36(32,33)27-18-9-29(7-6-15(18)11-35-21)23(31)24(2)12-34-13-24/h4-5,8,10,15,18,27H,6-7,9,11-13H2,1-3H3,(H,26,30)/t15-,18-/m1/s1. The van der Waals surface area contributed by atoms with Gasteiger partial charge in [-0.3, -0.25) is 9.59 Å². The van der Waals surface area contributed by atoms with Crippen molar-refractivity contribution in [2.24, 2.45) is 18.4 Å². The number of benzene rings is 1. The van der Waals surface area contributed by atoms with Gasteiger partial charge in [0.1, 0.15) is 10.7 Å². The van der Waals surface area contributed by atoms with Gasteiger partial charge in [0.05, 0.1) is 25.2 Å². The highest BCUT2D eigenvalue weighted by atomic mass is 32.2. The molecule has 0 unspecified atom stereocenters. The lowest BCUT2D eigenvalue weighted by atomic mass is 9.84. The maximum Gasteiger partial charge on any atom is 0.276 e. The average Bonchev–Trinajstić information content (AvgIpc) is 3.14. The number of hydrogen-bond acceptors (Lipinski definition) is 6. The number of fused-ring (bicyclic) bond motifs is 2. The number of anilines is 1. The molecule has 2 N–H and O–H groups in total. The van der Waals surface area contributed by atoms with Crippen molar-refractivity contribution in [1.29, 1.82) is 0 Å². The number of hydrogen-bond donors (Lipinski definition) is 2. The fourth-order valence-corrected chi connectivity index (χ4v) is 6.46. The highest BCUT2D eigenvalue weighted by Crippen LogP contribution is 2.36. The van der Waals surface area contributed by atoms with Gasteiger partial charge in [-0.05, 0) is 44.0 Å². The maximum atomic E-state index is 13.6. The van der Waals surface area contributed by atoms with Crippen molar-refractivity contribution >= 4 is 27.5 Å². The molecule has 2 saturated heterocycles. The van der Waals surface area contributed by atoms with Crippen LogP contribution in [0.1, 0.15) is 29.4 Å². The lowest BCUT2D eigenvalue weighted by molar-refractivity contribution is -0.170. The van der Waals surface area contributed by atoms with E-state index < -0.39 is 33.2 Å². The summed E-state index contributed by atoms with van der Waals surface area (Å²) in [6.45, 7) is 5.07. The van der Waals surface area contributed by atoms with Gasteiger partial charge in [0, 0.05) is 44.0 Å². The second-order valence-electron chi connectivity index (χ2n) is 10.1. The van der Waals surface area contributed by atoms with Crippen LogP contribution in [0.15, 0.2) is 29.3 Å². The minimum atomic E-state index is -4.06. The van der Waals surface area contributed by atoms with Crippen LogP contribution in [0.3, 0.4) is 0 Å². The summed E-state index contributed by atoms with van der Waals surface area (Å²) >= 11 is 0. The Kier molecular flexibility index (Phi) is 6.08. The highest BCUT2D eigenvalue weighted by molar-refractivity contribution is 7.89. The molecule has 2 amide bonds. The molecule has 10 nitrogen and oxygen atoms in total. The number of ether oxygens (including phenoxy) is 2. The molecule has 3 aliphatic rings. The first-order valence-corrected chi connectivity index (χ1v) is 13.3. The number of halogens is 1. The SMILES string of the molecule is Cc1cc(NC(=O)c2c3c(cn2C)S(=O)(=O)N[C@@H]2CN(C(=O)C4(C)COC4)CC[C@@H]2CO3)ccc1F. The molecule has 12 heteroatoms. The van der Waals surface area contributed by atoms with E-state index in [1.165, 1.54) is 29.0 Å². The molecule has 0 spiro atoms. The first-order valence-electron chi connectivity index (χ1n) is 11.8. The zero-order valence-electron chi connectivity index (χ0n) is 20.3. The summed E-state index contributed by atoms with van der Waals surface area (Å²) in [5, 5.41) is 2.69. The summed E-state index contributed by atoms with van der Waals surface area (Å²) < 4.78 is 55.7. The van der Waals surface area contributed by atoms with E-state index in [-0.39, 0.29) is 41.3 Å². The summed E-state index contributed by atoms with van der Waals surface area (Å²) in [7, 11) is -2.50. The molecule has 1 aromatic carbocycles. The van der Waals surface area contributed by atoms with E-state index >= 15 is 0 Å². The number of sulfonamides is 1. The number of nitrogens with zero attached hydrogens (tertiary/aromatic N) is 2. The number of aryl methyl sites for hydroxylation is 2. The number of piperidine rings is 1. The Morgan fingerprint density at radius 2 is 2.03 bits per heavy atom. The van der Waals surface area contributed by atoms with Gasteiger partial charge in [-0.1, -0.05) is 0 Å². The summed E-state index contributed by atoms with van der Waals surface area (Å²) in [6.07, 6.45) is 1.88. The third-order valence-corrected chi connectivity index (χ3v) is 8.65. The lowest BCUT2D eigenvalue weighted by Crippen LogP contribution is -2.60. The first kappa shape index (κ1) is 24.7. The minimum absolute atomic E-state index is 0.0302. The normalized spacial score (nSPS) is 24.3. The molecule has 1 aromatic heterocycles. The number of rotatable bonds is 3. The van der Waals surface area contributed by atoms with Crippen molar-refractivity contribution < 1.29 is 31.9 Å². The fourth-order valence-electron chi connectivity index (χ4n) is 4.97. The van der Waals surface area contributed by atoms with E-state index in [9.17, 15) is 22.4 Å². The Morgan fingerprint density at radius 1 is 1.28 bits per heavy atom. The van der Waals surface area contributed by atoms with Crippen molar-refractivity contribution in [3.8, 4) is 5.75 Å². The monoisotopic (exact) mass is 520 g/mol. The molecular weight excluding hydrogens is 491 g/mol. The van der Waals surface area contributed by atoms with Gasteiger partial charge < -0.3 is 24.3 Å². The second-order valence-corrected chi connectivity index (χ2v) is 11.8. The van der Waals surface area contributed by atoms with Gasteiger partial charge in [-0.2, -0.15) is 0 Å². The molecule has 36 heavy (non-hydrogen) atoms. The summed E-state index contributed by atoms with van der Waals surface area (Å²) in [4.78, 5) is 27.6. The van der Waals surface area contributed by atoms with E-state index in [2.05, 4.69) is 10.0 Å². The number of aromatic nitrogens is 1. The van der Waals surface area contributed by atoms with Crippen molar-refractivity contribution in [3.63, 3.8) is 0 Å². The van der Waals surface area contributed by atoms with Crippen LogP contribution in [-0.2, 0) is 26.6 Å². The van der Waals surface area contributed by atoms with Crippen molar-refractivity contribution in [3.05, 3.63) is 41.5 Å². The maximum absolute atomic E-state index is 13.6. The van der Waals surface area contributed by atoms with Crippen molar-refractivity contribution in [2.75, 3.05) is 38.2 Å². The van der Waals surface area contributed by atoms with E-state index in [0.29, 0.717) is 37.4 Å². The van der Waals surface area contributed by atoms with Crippen LogP contribution in [0, 0.1) is 24.1 Å². The molecule has 0 radical (unpaired) electrons. The Labute approximate surface area is 208 Å². The van der Waals surface area contributed by atoms with Crippen LogP contribution in [0.25, 0.3) is 0 Å². The van der Waals surface area contributed by atoms with Gasteiger partial charge >= 0.3 is 0 Å². The Bertz CT molecular complexity index is 1340. The largest absolute Gasteiger partial charge is 0.489 e. The quantitative estimate of drug-likeness (QED) is 0.635. The van der Waals surface area contributed by atoms with Gasteiger partial charge in [0.2, 0.25) is 15.9 Å². The zero-order valence-corrected chi connectivity index (χ0v) is 21.2. The minimum Gasteiger partial charge on any atom is -0.489 e.